The predicted molar refractivity (Wildman–Crippen MR) is 70.7 cm³/mol. The lowest BCUT2D eigenvalue weighted by atomic mass is 10.1. The lowest BCUT2D eigenvalue weighted by Crippen LogP contribution is -2.24. The Morgan fingerprint density at radius 1 is 1.16 bits per heavy atom. The zero-order valence-electron chi connectivity index (χ0n) is 11.5. The van der Waals surface area contributed by atoms with Gasteiger partial charge < -0.3 is 19.5 Å². The number of carbonyl (C=O) groups excluding carboxylic acids is 1. The maximum atomic E-state index is 11.7. The lowest BCUT2D eigenvalue weighted by Gasteiger charge is -2.15. The number of methoxy groups -OCH3 is 3. The zero-order valence-corrected chi connectivity index (χ0v) is 11.5. The number of hydrogen-bond donors (Lipinski definition) is 1. The van der Waals surface area contributed by atoms with Gasteiger partial charge in [0.15, 0.2) is 0 Å². The summed E-state index contributed by atoms with van der Waals surface area (Å²) in [6.07, 6.45) is 1.98. The van der Waals surface area contributed by atoms with Crippen LogP contribution in [0.1, 0.15) is 18.4 Å². The van der Waals surface area contributed by atoms with Crippen molar-refractivity contribution in [2.24, 2.45) is 5.92 Å². The van der Waals surface area contributed by atoms with Crippen molar-refractivity contribution in [2.75, 3.05) is 21.3 Å². The van der Waals surface area contributed by atoms with Crippen LogP contribution in [-0.4, -0.2) is 27.2 Å². The largest absolute Gasteiger partial charge is 0.496 e. The summed E-state index contributed by atoms with van der Waals surface area (Å²) in [5.74, 6) is 2.24. The van der Waals surface area contributed by atoms with Gasteiger partial charge in [0.2, 0.25) is 5.91 Å². The molecule has 1 saturated carbocycles. The molecule has 0 radical (unpaired) electrons. The number of nitrogens with one attached hydrogen (secondary N) is 1. The zero-order chi connectivity index (χ0) is 13.8. The highest BCUT2D eigenvalue weighted by Crippen LogP contribution is 2.34. The molecule has 0 bridgehead atoms. The molecule has 19 heavy (non-hydrogen) atoms. The number of ether oxygens (including phenoxy) is 3. The monoisotopic (exact) mass is 265 g/mol. The molecule has 1 aromatic carbocycles. The molecule has 5 nitrogen and oxygen atoms in total. The van der Waals surface area contributed by atoms with E-state index in [-0.39, 0.29) is 11.8 Å². The topological polar surface area (TPSA) is 56.8 Å². The van der Waals surface area contributed by atoms with Crippen LogP contribution in [-0.2, 0) is 11.3 Å². The number of benzene rings is 1. The Hall–Kier alpha value is -1.91. The van der Waals surface area contributed by atoms with Crippen molar-refractivity contribution in [3.63, 3.8) is 0 Å². The van der Waals surface area contributed by atoms with Crippen LogP contribution >= 0.6 is 0 Å². The summed E-state index contributed by atoms with van der Waals surface area (Å²) in [5, 5.41) is 2.91. The van der Waals surface area contributed by atoms with Crippen LogP contribution in [0.4, 0.5) is 0 Å². The fourth-order valence-electron chi connectivity index (χ4n) is 1.92. The molecule has 0 heterocycles. The van der Waals surface area contributed by atoms with Crippen molar-refractivity contribution in [1.29, 1.82) is 0 Å². The molecule has 0 aliphatic heterocycles. The highest BCUT2D eigenvalue weighted by molar-refractivity contribution is 5.81. The number of hydrogen-bond acceptors (Lipinski definition) is 4. The van der Waals surface area contributed by atoms with Gasteiger partial charge in [-0.25, -0.2) is 0 Å². The van der Waals surface area contributed by atoms with E-state index in [1.54, 1.807) is 33.5 Å². The molecular weight excluding hydrogens is 246 g/mol. The van der Waals surface area contributed by atoms with Crippen molar-refractivity contribution in [1.82, 2.24) is 5.32 Å². The van der Waals surface area contributed by atoms with Crippen LogP contribution in [0.15, 0.2) is 12.1 Å². The molecule has 1 amide bonds. The van der Waals surface area contributed by atoms with Crippen molar-refractivity contribution in [2.45, 2.75) is 19.4 Å². The van der Waals surface area contributed by atoms with Crippen LogP contribution in [0.2, 0.25) is 0 Å². The molecular formula is C14H19NO4. The minimum atomic E-state index is 0.0972. The highest BCUT2D eigenvalue weighted by Gasteiger charge is 2.29. The quantitative estimate of drug-likeness (QED) is 0.851. The summed E-state index contributed by atoms with van der Waals surface area (Å²) < 4.78 is 15.8. The molecule has 1 N–H and O–H groups in total. The van der Waals surface area contributed by atoms with Crippen LogP contribution in [0, 0.1) is 5.92 Å². The molecule has 0 atom stereocenters. The molecule has 0 aromatic heterocycles. The van der Waals surface area contributed by atoms with E-state index in [1.165, 1.54) is 0 Å². The van der Waals surface area contributed by atoms with Gasteiger partial charge in [0, 0.05) is 18.1 Å². The Kier molecular flexibility index (Phi) is 4.14. The fraction of sp³-hybridized carbons (Fsp3) is 0.500. The van der Waals surface area contributed by atoms with Crippen molar-refractivity contribution < 1.29 is 19.0 Å². The number of amides is 1. The Bertz CT molecular complexity index is 444. The normalized spacial score (nSPS) is 13.8. The first-order valence-electron chi connectivity index (χ1n) is 6.26. The summed E-state index contributed by atoms with van der Waals surface area (Å²) in [6, 6.07) is 3.56. The van der Waals surface area contributed by atoms with Gasteiger partial charge in [-0.3, -0.25) is 4.79 Å². The van der Waals surface area contributed by atoms with Crippen molar-refractivity contribution in [3.05, 3.63) is 17.7 Å². The molecule has 104 valence electrons. The second-order valence-electron chi connectivity index (χ2n) is 4.50. The van der Waals surface area contributed by atoms with E-state index in [2.05, 4.69) is 5.32 Å². The summed E-state index contributed by atoms with van der Waals surface area (Å²) in [7, 11) is 4.75. The third kappa shape index (κ3) is 3.10. The minimum absolute atomic E-state index is 0.0972. The maximum absolute atomic E-state index is 11.7. The second-order valence-corrected chi connectivity index (χ2v) is 4.50. The van der Waals surface area contributed by atoms with E-state index < -0.39 is 0 Å². The van der Waals surface area contributed by atoms with Gasteiger partial charge in [0.05, 0.1) is 33.4 Å². The summed E-state index contributed by atoms with van der Waals surface area (Å²) in [4.78, 5) is 11.7. The molecule has 5 heteroatoms. The predicted octanol–water partition coefficient (Wildman–Crippen LogP) is 1.74. The maximum Gasteiger partial charge on any atom is 0.223 e. The van der Waals surface area contributed by atoms with Crippen molar-refractivity contribution >= 4 is 5.91 Å². The smallest absolute Gasteiger partial charge is 0.223 e. The van der Waals surface area contributed by atoms with Gasteiger partial charge >= 0.3 is 0 Å². The average Bonchev–Trinajstić information content (AvgIpc) is 3.28. The van der Waals surface area contributed by atoms with Crippen LogP contribution in [0.25, 0.3) is 0 Å². The molecule has 1 fully saturated rings. The van der Waals surface area contributed by atoms with Crippen LogP contribution < -0.4 is 19.5 Å². The second kappa shape index (κ2) is 5.82. The summed E-state index contributed by atoms with van der Waals surface area (Å²) in [5.41, 5.74) is 0.819. The molecule has 1 aliphatic carbocycles. The fourth-order valence-corrected chi connectivity index (χ4v) is 1.92. The van der Waals surface area contributed by atoms with Gasteiger partial charge in [-0.15, -0.1) is 0 Å². The van der Waals surface area contributed by atoms with E-state index >= 15 is 0 Å². The molecule has 0 spiro atoms. The van der Waals surface area contributed by atoms with Gasteiger partial charge in [-0.1, -0.05) is 0 Å². The minimum Gasteiger partial charge on any atom is -0.496 e. The molecule has 0 saturated heterocycles. The molecule has 0 unspecified atom stereocenters. The lowest BCUT2D eigenvalue weighted by molar-refractivity contribution is -0.122. The Morgan fingerprint density at radius 3 is 2.16 bits per heavy atom. The molecule has 1 aromatic rings. The first kappa shape index (κ1) is 13.5. The van der Waals surface area contributed by atoms with E-state index in [0.29, 0.717) is 23.8 Å². The SMILES string of the molecule is COc1cc(OC)c(CNC(=O)C2CC2)c(OC)c1. The van der Waals surface area contributed by atoms with Gasteiger partial charge in [-0.05, 0) is 12.8 Å². The van der Waals surface area contributed by atoms with E-state index in [0.717, 1.165) is 18.4 Å². The highest BCUT2D eigenvalue weighted by atomic mass is 16.5. The van der Waals surface area contributed by atoms with Crippen LogP contribution in [0.3, 0.4) is 0 Å². The first-order chi connectivity index (χ1) is 9.19. The Morgan fingerprint density at radius 2 is 1.74 bits per heavy atom. The van der Waals surface area contributed by atoms with E-state index in [1.807, 2.05) is 0 Å². The standard InChI is InChI=1S/C14H19NO4/c1-17-10-6-12(18-2)11(13(7-10)19-3)8-15-14(16)9-4-5-9/h6-7,9H,4-5,8H2,1-3H3,(H,15,16). The number of rotatable bonds is 6. The molecule has 1 aliphatic rings. The average molecular weight is 265 g/mol. The Labute approximate surface area is 112 Å². The first-order valence-corrected chi connectivity index (χ1v) is 6.26. The van der Waals surface area contributed by atoms with Crippen LogP contribution in [0.5, 0.6) is 17.2 Å². The van der Waals surface area contributed by atoms with Gasteiger partial charge in [0.1, 0.15) is 17.2 Å². The van der Waals surface area contributed by atoms with E-state index in [9.17, 15) is 4.79 Å². The Balaban J connectivity index is 2.18. The van der Waals surface area contributed by atoms with Gasteiger partial charge in [-0.2, -0.15) is 0 Å². The molecule has 2 rings (SSSR count). The summed E-state index contributed by atoms with van der Waals surface area (Å²) >= 11 is 0. The number of carbonyl (C=O) groups is 1. The van der Waals surface area contributed by atoms with Crippen molar-refractivity contribution in [3.8, 4) is 17.2 Å². The van der Waals surface area contributed by atoms with Gasteiger partial charge in [0.25, 0.3) is 0 Å². The van der Waals surface area contributed by atoms with E-state index in [4.69, 9.17) is 14.2 Å². The third-order valence-corrected chi connectivity index (χ3v) is 3.20. The third-order valence-electron chi connectivity index (χ3n) is 3.20. The summed E-state index contributed by atoms with van der Waals surface area (Å²) in [6.45, 7) is 0.395.